The average Bonchev–Trinajstić information content (AvgIpc) is 3.43. The molecule has 24 heavy (non-hydrogen) atoms. The van der Waals surface area contributed by atoms with E-state index < -0.39 is 0 Å². The molecule has 0 unspecified atom stereocenters. The molecular weight excluding hydrogens is 311 g/mol. The van der Waals surface area contributed by atoms with Crippen molar-refractivity contribution in [1.82, 2.24) is 14.9 Å². The number of hydrogen-bond donors (Lipinski definition) is 1. The van der Waals surface area contributed by atoms with Gasteiger partial charge in [-0.2, -0.15) is 0 Å². The van der Waals surface area contributed by atoms with E-state index in [1.54, 1.807) is 4.90 Å². The molecule has 0 aliphatic heterocycles. The highest BCUT2D eigenvalue weighted by Crippen LogP contribution is 2.28. The van der Waals surface area contributed by atoms with Crippen LogP contribution < -0.4 is 5.32 Å². The second-order valence-corrected chi connectivity index (χ2v) is 5.63. The molecule has 1 heterocycles. The highest BCUT2D eigenvalue weighted by molar-refractivity contribution is 5.94. The van der Waals surface area contributed by atoms with E-state index in [0.717, 1.165) is 12.8 Å². The number of aromatic nitrogens is 2. The van der Waals surface area contributed by atoms with E-state index in [1.165, 1.54) is 42.9 Å². The summed E-state index contributed by atoms with van der Waals surface area (Å²) in [5.74, 6) is -0.790. The molecule has 124 valence electrons. The fourth-order valence-corrected chi connectivity index (χ4v) is 2.37. The quantitative estimate of drug-likeness (QED) is 0.882. The van der Waals surface area contributed by atoms with Crippen LogP contribution in [-0.4, -0.2) is 39.3 Å². The number of nitrogens with zero attached hydrogens (tertiary/aromatic N) is 3. The Balaban J connectivity index is 1.57. The van der Waals surface area contributed by atoms with Gasteiger partial charge in [-0.25, -0.2) is 9.37 Å². The largest absolute Gasteiger partial charge is 0.334 e. The molecule has 2 aromatic rings. The molecule has 1 N–H and O–H groups in total. The Labute approximate surface area is 138 Å². The topological polar surface area (TPSA) is 75.2 Å². The van der Waals surface area contributed by atoms with Crippen molar-refractivity contribution < 1.29 is 14.0 Å². The minimum atomic E-state index is -0.359. The predicted octanol–water partition coefficient (Wildman–Crippen LogP) is 2.25. The van der Waals surface area contributed by atoms with Crippen LogP contribution in [0.3, 0.4) is 0 Å². The summed E-state index contributed by atoms with van der Waals surface area (Å²) in [5, 5.41) is 2.69. The van der Waals surface area contributed by atoms with Gasteiger partial charge in [0.05, 0.1) is 6.20 Å². The highest BCUT2D eigenvalue weighted by atomic mass is 19.1. The van der Waals surface area contributed by atoms with Crippen LogP contribution in [0.2, 0.25) is 0 Å². The Bertz CT molecular complexity index is 717. The van der Waals surface area contributed by atoms with E-state index in [1.807, 2.05) is 0 Å². The van der Waals surface area contributed by atoms with Crippen molar-refractivity contribution in [3.8, 4) is 0 Å². The highest BCUT2D eigenvalue weighted by Gasteiger charge is 2.33. The number of amides is 2. The summed E-state index contributed by atoms with van der Waals surface area (Å²) in [6.45, 7) is 0.313. The summed E-state index contributed by atoms with van der Waals surface area (Å²) in [5.41, 5.74) is 0.808. The predicted molar refractivity (Wildman–Crippen MR) is 85.7 cm³/mol. The first-order valence-electron chi connectivity index (χ1n) is 7.76. The number of benzene rings is 1. The maximum atomic E-state index is 12.9. The molecule has 0 spiro atoms. The second kappa shape index (κ2) is 7.16. The van der Waals surface area contributed by atoms with Gasteiger partial charge < -0.3 is 10.2 Å². The van der Waals surface area contributed by atoms with Crippen molar-refractivity contribution in [3.05, 3.63) is 54.4 Å². The molecule has 0 bridgehead atoms. The second-order valence-electron chi connectivity index (χ2n) is 5.63. The zero-order chi connectivity index (χ0) is 16.9. The van der Waals surface area contributed by atoms with Gasteiger partial charge in [-0.3, -0.25) is 14.6 Å². The number of hydrogen-bond acceptors (Lipinski definition) is 4. The van der Waals surface area contributed by atoms with Gasteiger partial charge >= 0.3 is 0 Å². The zero-order valence-corrected chi connectivity index (χ0v) is 13.0. The molecule has 0 atom stereocenters. The number of anilines is 1. The third-order valence-corrected chi connectivity index (χ3v) is 3.74. The van der Waals surface area contributed by atoms with Crippen molar-refractivity contribution >= 4 is 17.5 Å². The van der Waals surface area contributed by atoms with Gasteiger partial charge in [0.25, 0.3) is 5.91 Å². The molecule has 1 aromatic carbocycles. The van der Waals surface area contributed by atoms with Gasteiger partial charge in [0.2, 0.25) is 5.91 Å². The molecule has 1 aliphatic carbocycles. The lowest BCUT2D eigenvalue weighted by atomic mass is 10.2. The first-order chi connectivity index (χ1) is 11.6. The first kappa shape index (κ1) is 16.0. The van der Waals surface area contributed by atoms with E-state index in [4.69, 9.17) is 0 Å². The molecule has 0 radical (unpaired) electrons. The SMILES string of the molecule is O=C(CCN(C(=O)c1cnccn1)C1CC1)Nc1ccc(F)cc1. The summed E-state index contributed by atoms with van der Waals surface area (Å²) >= 11 is 0. The van der Waals surface area contributed by atoms with Crippen LogP contribution in [0.4, 0.5) is 10.1 Å². The van der Waals surface area contributed by atoms with Crippen molar-refractivity contribution in [2.75, 3.05) is 11.9 Å². The van der Waals surface area contributed by atoms with Crippen LogP contribution in [-0.2, 0) is 4.79 Å². The third-order valence-electron chi connectivity index (χ3n) is 3.74. The minimum absolute atomic E-state index is 0.165. The molecule has 1 aromatic heterocycles. The fourth-order valence-electron chi connectivity index (χ4n) is 2.37. The van der Waals surface area contributed by atoms with E-state index >= 15 is 0 Å². The summed E-state index contributed by atoms with van der Waals surface area (Å²) in [4.78, 5) is 34.1. The lowest BCUT2D eigenvalue weighted by Gasteiger charge is -2.21. The van der Waals surface area contributed by atoms with Crippen molar-refractivity contribution in [2.45, 2.75) is 25.3 Å². The average molecular weight is 328 g/mol. The van der Waals surface area contributed by atoms with Gasteiger partial charge in [0.15, 0.2) is 0 Å². The van der Waals surface area contributed by atoms with Crippen LogP contribution in [0.5, 0.6) is 0 Å². The Hall–Kier alpha value is -2.83. The van der Waals surface area contributed by atoms with Crippen molar-refractivity contribution in [3.63, 3.8) is 0 Å². The molecule has 7 heteroatoms. The third kappa shape index (κ3) is 4.13. The molecule has 6 nitrogen and oxygen atoms in total. The van der Waals surface area contributed by atoms with Crippen LogP contribution in [0.15, 0.2) is 42.9 Å². The molecule has 0 saturated heterocycles. The maximum Gasteiger partial charge on any atom is 0.274 e. The Morgan fingerprint density at radius 1 is 1.21 bits per heavy atom. The monoisotopic (exact) mass is 328 g/mol. The Morgan fingerprint density at radius 2 is 1.96 bits per heavy atom. The summed E-state index contributed by atoms with van der Waals surface area (Å²) in [6, 6.07) is 5.72. The number of rotatable bonds is 6. The molecule has 1 aliphatic rings. The van der Waals surface area contributed by atoms with Crippen molar-refractivity contribution in [1.29, 1.82) is 0 Å². The summed E-state index contributed by atoms with van der Waals surface area (Å²) in [6.07, 6.45) is 6.45. The van der Waals surface area contributed by atoms with Gasteiger partial charge in [-0.05, 0) is 37.1 Å². The number of carbonyl (C=O) groups is 2. The molecule has 2 amide bonds. The van der Waals surface area contributed by atoms with Crippen LogP contribution in [0, 0.1) is 5.82 Å². The van der Waals surface area contributed by atoms with Crippen LogP contribution >= 0.6 is 0 Å². The number of carbonyl (C=O) groups excluding carboxylic acids is 2. The van der Waals surface area contributed by atoms with Gasteiger partial charge in [-0.15, -0.1) is 0 Å². The maximum absolute atomic E-state index is 12.9. The Morgan fingerprint density at radius 3 is 2.58 bits per heavy atom. The number of nitrogens with one attached hydrogen (secondary N) is 1. The van der Waals surface area contributed by atoms with Gasteiger partial charge in [0, 0.05) is 37.1 Å². The van der Waals surface area contributed by atoms with E-state index in [9.17, 15) is 14.0 Å². The molecular formula is C17H17FN4O2. The lowest BCUT2D eigenvalue weighted by Crippen LogP contribution is -2.36. The fraction of sp³-hybridized carbons (Fsp3) is 0.294. The number of halogens is 1. The molecule has 1 saturated carbocycles. The van der Waals surface area contributed by atoms with Gasteiger partial charge in [-0.1, -0.05) is 0 Å². The smallest absolute Gasteiger partial charge is 0.274 e. The molecule has 1 fully saturated rings. The minimum Gasteiger partial charge on any atom is -0.334 e. The van der Waals surface area contributed by atoms with E-state index in [-0.39, 0.29) is 35.8 Å². The summed E-state index contributed by atoms with van der Waals surface area (Å²) < 4.78 is 12.9. The zero-order valence-electron chi connectivity index (χ0n) is 13.0. The summed E-state index contributed by atoms with van der Waals surface area (Å²) in [7, 11) is 0. The van der Waals surface area contributed by atoms with Gasteiger partial charge in [0.1, 0.15) is 11.5 Å². The normalized spacial score (nSPS) is 13.4. The van der Waals surface area contributed by atoms with E-state index in [2.05, 4.69) is 15.3 Å². The van der Waals surface area contributed by atoms with E-state index in [0.29, 0.717) is 12.2 Å². The first-order valence-corrected chi connectivity index (χ1v) is 7.76. The van der Waals surface area contributed by atoms with Crippen molar-refractivity contribution in [2.24, 2.45) is 0 Å². The lowest BCUT2D eigenvalue weighted by molar-refractivity contribution is -0.116. The Kier molecular flexibility index (Phi) is 4.79. The van der Waals surface area contributed by atoms with Crippen LogP contribution in [0.25, 0.3) is 0 Å². The standard InChI is InChI=1S/C17H17FN4O2/c18-12-1-3-13(4-2-12)21-16(23)7-10-22(14-5-6-14)17(24)15-11-19-8-9-20-15/h1-4,8-9,11,14H,5-7,10H2,(H,21,23). The molecule has 3 rings (SSSR count). The van der Waals surface area contributed by atoms with Crippen LogP contribution in [0.1, 0.15) is 29.8 Å².